The fourth-order valence-corrected chi connectivity index (χ4v) is 2.87. The van der Waals surface area contributed by atoms with Crippen LogP contribution in [0.4, 0.5) is 0 Å². The molecule has 18 heavy (non-hydrogen) atoms. The van der Waals surface area contributed by atoms with Crippen molar-refractivity contribution in [2.75, 3.05) is 19.7 Å². The zero-order valence-corrected chi connectivity index (χ0v) is 11.1. The second-order valence-corrected chi connectivity index (χ2v) is 5.56. The van der Waals surface area contributed by atoms with Crippen LogP contribution in [0.25, 0.3) is 0 Å². The van der Waals surface area contributed by atoms with E-state index < -0.39 is 0 Å². The number of aromatic amines is 1. The van der Waals surface area contributed by atoms with E-state index in [4.69, 9.17) is 4.74 Å². The van der Waals surface area contributed by atoms with Gasteiger partial charge in [-0.15, -0.1) is 0 Å². The lowest BCUT2D eigenvalue weighted by molar-refractivity contribution is -0.0522. The molecular formula is C13H22N4O. The van der Waals surface area contributed by atoms with Gasteiger partial charge >= 0.3 is 0 Å². The molecule has 3 unspecified atom stereocenters. The summed E-state index contributed by atoms with van der Waals surface area (Å²) >= 11 is 0. The average Bonchev–Trinajstić information content (AvgIpc) is 2.81. The SMILES string of the molecule is CC1CN(CC2Cc3nc[nH]c3CN2)C(C)CO1. The van der Waals surface area contributed by atoms with E-state index >= 15 is 0 Å². The van der Waals surface area contributed by atoms with E-state index in [-0.39, 0.29) is 0 Å². The molecule has 0 aromatic carbocycles. The van der Waals surface area contributed by atoms with Crippen molar-refractivity contribution in [1.82, 2.24) is 20.2 Å². The third kappa shape index (κ3) is 2.43. The number of ether oxygens (including phenoxy) is 1. The third-order valence-corrected chi connectivity index (χ3v) is 4.01. The van der Waals surface area contributed by atoms with Crippen molar-refractivity contribution < 1.29 is 4.74 Å². The minimum absolute atomic E-state index is 0.353. The molecule has 2 aliphatic heterocycles. The number of H-pyrrole nitrogens is 1. The van der Waals surface area contributed by atoms with Gasteiger partial charge in [0.05, 0.1) is 30.4 Å². The van der Waals surface area contributed by atoms with E-state index in [2.05, 4.69) is 34.0 Å². The molecule has 5 nitrogen and oxygen atoms in total. The third-order valence-electron chi connectivity index (χ3n) is 4.01. The lowest BCUT2D eigenvalue weighted by atomic mass is 10.0. The number of morpholine rings is 1. The first kappa shape index (κ1) is 12.1. The normalized spacial score (nSPS) is 33.3. The van der Waals surface area contributed by atoms with E-state index in [1.54, 1.807) is 6.33 Å². The minimum atomic E-state index is 0.353. The first-order valence-corrected chi connectivity index (χ1v) is 6.82. The predicted molar refractivity (Wildman–Crippen MR) is 69.4 cm³/mol. The lowest BCUT2D eigenvalue weighted by Crippen LogP contribution is -2.53. The number of hydrogen-bond donors (Lipinski definition) is 2. The van der Waals surface area contributed by atoms with Gasteiger partial charge in [-0.05, 0) is 13.8 Å². The molecule has 0 bridgehead atoms. The van der Waals surface area contributed by atoms with Crippen LogP contribution in [-0.4, -0.2) is 52.8 Å². The fraction of sp³-hybridized carbons (Fsp3) is 0.769. The van der Waals surface area contributed by atoms with Crippen molar-refractivity contribution in [3.8, 4) is 0 Å². The molecule has 0 spiro atoms. The van der Waals surface area contributed by atoms with E-state index in [0.29, 0.717) is 18.2 Å². The van der Waals surface area contributed by atoms with Gasteiger partial charge in [-0.2, -0.15) is 0 Å². The molecule has 100 valence electrons. The van der Waals surface area contributed by atoms with E-state index in [1.165, 1.54) is 11.4 Å². The molecular weight excluding hydrogens is 228 g/mol. The zero-order valence-electron chi connectivity index (χ0n) is 11.1. The van der Waals surface area contributed by atoms with Gasteiger partial charge in [0.15, 0.2) is 0 Å². The topological polar surface area (TPSA) is 53.2 Å². The Labute approximate surface area is 108 Å². The molecule has 0 aliphatic carbocycles. The molecule has 1 saturated heterocycles. The number of nitrogens with one attached hydrogen (secondary N) is 2. The number of rotatable bonds is 2. The summed E-state index contributed by atoms with van der Waals surface area (Å²) in [6, 6.07) is 1.03. The van der Waals surface area contributed by atoms with Crippen LogP contribution in [0.1, 0.15) is 25.2 Å². The zero-order chi connectivity index (χ0) is 12.5. The second kappa shape index (κ2) is 4.99. The maximum absolute atomic E-state index is 5.67. The summed E-state index contributed by atoms with van der Waals surface area (Å²) in [7, 11) is 0. The number of imidazole rings is 1. The van der Waals surface area contributed by atoms with Crippen molar-refractivity contribution >= 4 is 0 Å². The molecule has 3 atom stereocenters. The Morgan fingerprint density at radius 2 is 2.39 bits per heavy atom. The Bertz CT molecular complexity index is 405. The summed E-state index contributed by atoms with van der Waals surface area (Å²) < 4.78 is 5.67. The Hall–Kier alpha value is -0.910. The van der Waals surface area contributed by atoms with Crippen molar-refractivity contribution in [2.45, 2.75) is 45.0 Å². The highest BCUT2D eigenvalue weighted by molar-refractivity contribution is 5.16. The Kier molecular flexibility index (Phi) is 3.37. The summed E-state index contributed by atoms with van der Waals surface area (Å²) in [5.74, 6) is 0. The van der Waals surface area contributed by atoms with Crippen LogP contribution in [0.2, 0.25) is 0 Å². The molecule has 0 radical (unpaired) electrons. The molecule has 1 fully saturated rings. The van der Waals surface area contributed by atoms with Gasteiger partial charge in [0.25, 0.3) is 0 Å². The van der Waals surface area contributed by atoms with Gasteiger partial charge in [-0.25, -0.2) is 4.98 Å². The Balaban J connectivity index is 1.60. The molecule has 0 amide bonds. The molecule has 0 saturated carbocycles. The molecule has 5 heteroatoms. The van der Waals surface area contributed by atoms with Gasteiger partial charge in [0.2, 0.25) is 0 Å². The lowest BCUT2D eigenvalue weighted by Gasteiger charge is -2.39. The van der Waals surface area contributed by atoms with Gasteiger partial charge in [0.1, 0.15) is 0 Å². The van der Waals surface area contributed by atoms with Gasteiger partial charge < -0.3 is 15.0 Å². The maximum atomic E-state index is 5.67. The van der Waals surface area contributed by atoms with Crippen molar-refractivity contribution in [3.63, 3.8) is 0 Å². The maximum Gasteiger partial charge on any atom is 0.0925 e. The summed E-state index contributed by atoms with van der Waals surface area (Å²) in [5.41, 5.74) is 2.47. The second-order valence-electron chi connectivity index (χ2n) is 5.56. The minimum Gasteiger partial charge on any atom is -0.376 e. The van der Waals surface area contributed by atoms with Crippen LogP contribution in [0.3, 0.4) is 0 Å². The van der Waals surface area contributed by atoms with Crippen molar-refractivity contribution in [2.24, 2.45) is 0 Å². The van der Waals surface area contributed by atoms with Gasteiger partial charge in [-0.3, -0.25) is 4.90 Å². The van der Waals surface area contributed by atoms with Crippen LogP contribution in [0.5, 0.6) is 0 Å². The molecule has 1 aromatic rings. The number of aromatic nitrogens is 2. The summed E-state index contributed by atoms with van der Waals surface area (Å²) in [4.78, 5) is 10.1. The summed E-state index contributed by atoms with van der Waals surface area (Å²) in [5, 5.41) is 3.59. The summed E-state index contributed by atoms with van der Waals surface area (Å²) in [6.45, 7) is 8.28. The van der Waals surface area contributed by atoms with Crippen LogP contribution in [0, 0.1) is 0 Å². The first-order valence-electron chi connectivity index (χ1n) is 6.82. The molecule has 3 heterocycles. The number of nitrogens with zero attached hydrogens (tertiary/aromatic N) is 2. The molecule has 2 aliphatic rings. The average molecular weight is 250 g/mol. The quantitative estimate of drug-likeness (QED) is 0.804. The summed E-state index contributed by atoms with van der Waals surface area (Å²) in [6.07, 6.45) is 3.18. The van der Waals surface area contributed by atoms with Crippen LogP contribution < -0.4 is 5.32 Å². The molecule has 1 aromatic heterocycles. The molecule has 2 N–H and O–H groups in total. The highest BCUT2D eigenvalue weighted by atomic mass is 16.5. The Morgan fingerprint density at radius 3 is 3.28 bits per heavy atom. The standard InChI is InChI=1S/C13H22N4O/c1-9-7-18-10(2)5-17(9)6-11-3-12-13(4-14-11)16-8-15-12/h8-11,14H,3-7H2,1-2H3,(H,15,16). The van der Waals surface area contributed by atoms with Crippen molar-refractivity contribution in [3.05, 3.63) is 17.7 Å². The van der Waals surface area contributed by atoms with Crippen LogP contribution in [-0.2, 0) is 17.7 Å². The van der Waals surface area contributed by atoms with Gasteiger partial charge in [0, 0.05) is 38.1 Å². The van der Waals surface area contributed by atoms with E-state index in [0.717, 1.165) is 32.7 Å². The first-order chi connectivity index (χ1) is 8.72. The fourth-order valence-electron chi connectivity index (χ4n) is 2.87. The van der Waals surface area contributed by atoms with Gasteiger partial charge in [-0.1, -0.05) is 0 Å². The highest BCUT2D eigenvalue weighted by Gasteiger charge is 2.28. The predicted octanol–water partition coefficient (Wildman–Crippen LogP) is 0.533. The Morgan fingerprint density at radius 1 is 1.50 bits per heavy atom. The van der Waals surface area contributed by atoms with Crippen LogP contribution in [0.15, 0.2) is 6.33 Å². The van der Waals surface area contributed by atoms with Crippen LogP contribution >= 0.6 is 0 Å². The number of hydrogen-bond acceptors (Lipinski definition) is 4. The van der Waals surface area contributed by atoms with Crippen molar-refractivity contribution in [1.29, 1.82) is 0 Å². The largest absolute Gasteiger partial charge is 0.376 e. The highest BCUT2D eigenvalue weighted by Crippen LogP contribution is 2.16. The van der Waals surface area contributed by atoms with E-state index in [9.17, 15) is 0 Å². The monoisotopic (exact) mass is 250 g/mol. The molecule has 3 rings (SSSR count). The number of fused-ring (bicyclic) bond motifs is 1. The smallest absolute Gasteiger partial charge is 0.0925 e. The van der Waals surface area contributed by atoms with E-state index in [1.807, 2.05) is 0 Å².